The topological polar surface area (TPSA) is 30.3 Å². The number of anilines is 1. The Morgan fingerprint density at radius 1 is 1.44 bits per heavy atom. The van der Waals surface area contributed by atoms with Crippen LogP contribution in [0.1, 0.15) is 13.3 Å². The lowest BCUT2D eigenvalue weighted by molar-refractivity contribution is 0.233. The van der Waals surface area contributed by atoms with Gasteiger partial charge in [-0.1, -0.05) is 17.7 Å². The Bertz CT molecular complexity index is 455. The van der Waals surface area contributed by atoms with Gasteiger partial charge in [-0.3, -0.25) is 0 Å². The van der Waals surface area contributed by atoms with E-state index in [1.807, 2.05) is 18.2 Å². The fraction of sp³-hybridized carbons (Fsp3) is 0.500. The summed E-state index contributed by atoms with van der Waals surface area (Å²) in [6.07, 6.45) is 0.543. The number of benzene rings is 1. The molecule has 1 fully saturated rings. The molecule has 1 heterocycles. The molecule has 1 aliphatic heterocycles. The summed E-state index contributed by atoms with van der Waals surface area (Å²) in [6.45, 7) is 4.12. The van der Waals surface area contributed by atoms with Crippen molar-refractivity contribution in [1.82, 2.24) is 4.90 Å². The van der Waals surface area contributed by atoms with Crippen LogP contribution in [0, 0.1) is 11.3 Å². The average Bonchev–Trinajstić information content (AvgIpc) is 2.28. The molecular weight excluding hydrogens is 246 g/mol. The number of nitrogens with zero attached hydrogens (tertiary/aromatic N) is 3. The van der Waals surface area contributed by atoms with Crippen LogP contribution in [0.25, 0.3) is 0 Å². The quantitative estimate of drug-likeness (QED) is 0.822. The van der Waals surface area contributed by atoms with Gasteiger partial charge in [-0.15, -0.1) is 0 Å². The lowest BCUT2D eigenvalue weighted by atomic mass is 10.0. The normalized spacial score (nSPS) is 24.9. The monoisotopic (exact) mass is 263 g/mol. The highest BCUT2D eigenvalue weighted by atomic mass is 35.5. The summed E-state index contributed by atoms with van der Waals surface area (Å²) in [5, 5.41) is 9.73. The van der Waals surface area contributed by atoms with Crippen molar-refractivity contribution in [3.05, 3.63) is 29.3 Å². The molecule has 0 saturated carbocycles. The van der Waals surface area contributed by atoms with Crippen LogP contribution >= 0.6 is 11.6 Å². The summed E-state index contributed by atoms with van der Waals surface area (Å²) in [5.41, 5.74) is 1.11. The fourth-order valence-electron chi connectivity index (χ4n) is 2.79. The van der Waals surface area contributed by atoms with E-state index < -0.39 is 0 Å². The third-order valence-corrected chi connectivity index (χ3v) is 3.63. The molecule has 2 atom stereocenters. The summed E-state index contributed by atoms with van der Waals surface area (Å²) in [4.78, 5) is 4.61. The van der Waals surface area contributed by atoms with Gasteiger partial charge in [0.2, 0.25) is 0 Å². The molecule has 1 aromatic rings. The maximum absolute atomic E-state index is 8.99. The van der Waals surface area contributed by atoms with Crippen LogP contribution in [0.4, 0.5) is 5.69 Å². The van der Waals surface area contributed by atoms with Crippen molar-refractivity contribution in [2.45, 2.75) is 25.4 Å². The van der Waals surface area contributed by atoms with Crippen LogP contribution in [0.2, 0.25) is 5.02 Å². The van der Waals surface area contributed by atoms with Crippen LogP contribution in [0.15, 0.2) is 24.3 Å². The first kappa shape index (κ1) is 13.2. The van der Waals surface area contributed by atoms with E-state index in [2.05, 4.69) is 35.9 Å². The summed E-state index contributed by atoms with van der Waals surface area (Å²) in [5.74, 6) is 0. The maximum atomic E-state index is 8.99. The van der Waals surface area contributed by atoms with E-state index in [0.29, 0.717) is 12.5 Å². The minimum atomic E-state index is 0.238. The molecule has 1 aromatic carbocycles. The molecule has 4 heteroatoms. The Morgan fingerprint density at radius 2 is 2.22 bits per heavy atom. The number of halogens is 1. The van der Waals surface area contributed by atoms with Crippen molar-refractivity contribution >= 4 is 17.3 Å². The molecule has 1 saturated heterocycles. The minimum absolute atomic E-state index is 0.238. The highest BCUT2D eigenvalue weighted by Crippen LogP contribution is 2.27. The van der Waals surface area contributed by atoms with Crippen LogP contribution < -0.4 is 4.90 Å². The fourth-order valence-corrected chi connectivity index (χ4v) is 2.98. The Balaban J connectivity index is 2.29. The van der Waals surface area contributed by atoms with Gasteiger partial charge in [-0.25, -0.2) is 0 Å². The zero-order valence-electron chi connectivity index (χ0n) is 10.8. The molecule has 0 bridgehead atoms. The number of hydrogen-bond donors (Lipinski definition) is 0. The first-order valence-corrected chi connectivity index (χ1v) is 6.59. The molecule has 2 rings (SSSR count). The van der Waals surface area contributed by atoms with E-state index in [1.54, 1.807) is 0 Å². The smallest absolute Gasteiger partial charge is 0.0643 e. The Hall–Kier alpha value is -1.24. The molecule has 2 unspecified atom stereocenters. The predicted molar refractivity (Wildman–Crippen MR) is 74.9 cm³/mol. The van der Waals surface area contributed by atoms with Crippen molar-refractivity contribution in [3.8, 4) is 6.07 Å². The third kappa shape index (κ3) is 2.77. The third-order valence-electron chi connectivity index (χ3n) is 3.40. The molecule has 1 aliphatic rings. The Kier molecular flexibility index (Phi) is 4.11. The summed E-state index contributed by atoms with van der Waals surface area (Å²) in [7, 11) is 2.11. The average molecular weight is 264 g/mol. The van der Waals surface area contributed by atoms with Crippen molar-refractivity contribution in [2.75, 3.05) is 25.0 Å². The molecule has 0 spiro atoms. The Labute approximate surface area is 114 Å². The first-order valence-electron chi connectivity index (χ1n) is 6.21. The summed E-state index contributed by atoms with van der Waals surface area (Å²) >= 11 is 6.06. The lowest BCUT2D eigenvalue weighted by Gasteiger charge is -2.45. The molecule has 3 nitrogen and oxygen atoms in total. The zero-order valence-corrected chi connectivity index (χ0v) is 11.6. The molecule has 0 N–H and O–H groups in total. The predicted octanol–water partition coefficient (Wildman–Crippen LogP) is 2.76. The van der Waals surface area contributed by atoms with Gasteiger partial charge in [0.15, 0.2) is 0 Å². The summed E-state index contributed by atoms with van der Waals surface area (Å²) in [6, 6.07) is 10.8. The highest BCUT2D eigenvalue weighted by Gasteiger charge is 2.30. The van der Waals surface area contributed by atoms with E-state index in [1.165, 1.54) is 0 Å². The molecule has 0 amide bonds. The van der Waals surface area contributed by atoms with E-state index >= 15 is 0 Å². The Morgan fingerprint density at radius 3 is 2.89 bits per heavy atom. The number of hydrogen-bond acceptors (Lipinski definition) is 3. The highest BCUT2D eigenvalue weighted by molar-refractivity contribution is 6.30. The second-order valence-electron chi connectivity index (χ2n) is 4.97. The second kappa shape index (κ2) is 5.60. The number of likely N-dealkylation sites (N-methyl/N-ethyl adjacent to an activating group) is 1. The van der Waals surface area contributed by atoms with Crippen molar-refractivity contribution in [2.24, 2.45) is 0 Å². The van der Waals surface area contributed by atoms with Gasteiger partial charge < -0.3 is 9.80 Å². The van der Waals surface area contributed by atoms with Gasteiger partial charge in [0.05, 0.1) is 18.5 Å². The molecule has 0 radical (unpaired) electrons. The largest absolute Gasteiger partial charge is 0.362 e. The van der Waals surface area contributed by atoms with Crippen molar-refractivity contribution in [3.63, 3.8) is 0 Å². The standard InChI is InChI=1S/C14H18ClN3/c1-11-9-17(2)10-14(6-7-16)18(11)13-5-3-4-12(15)8-13/h3-5,8,11,14H,6,9-10H2,1-2H3. The van der Waals surface area contributed by atoms with Gasteiger partial charge in [0.25, 0.3) is 0 Å². The van der Waals surface area contributed by atoms with Crippen LogP contribution in [0.3, 0.4) is 0 Å². The van der Waals surface area contributed by atoms with E-state index in [0.717, 1.165) is 23.8 Å². The minimum Gasteiger partial charge on any atom is -0.362 e. The number of nitriles is 1. The molecule has 0 aromatic heterocycles. The molecular formula is C14H18ClN3. The van der Waals surface area contributed by atoms with Crippen molar-refractivity contribution in [1.29, 1.82) is 5.26 Å². The van der Waals surface area contributed by atoms with Gasteiger partial charge in [0, 0.05) is 29.8 Å². The lowest BCUT2D eigenvalue weighted by Crippen LogP contribution is -2.56. The van der Waals surface area contributed by atoms with Crippen LogP contribution in [-0.2, 0) is 0 Å². The van der Waals surface area contributed by atoms with E-state index in [4.69, 9.17) is 16.9 Å². The number of rotatable bonds is 2. The molecule has 18 heavy (non-hydrogen) atoms. The van der Waals surface area contributed by atoms with Gasteiger partial charge in [-0.05, 0) is 32.2 Å². The maximum Gasteiger partial charge on any atom is 0.0643 e. The van der Waals surface area contributed by atoms with Crippen molar-refractivity contribution < 1.29 is 0 Å². The SMILES string of the molecule is CC1CN(C)CC(CC#N)N1c1cccc(Cl)c1. The zero-order chi connectivity index (χ0) is 13.1. The second-order valence-corrected chi connectivity index (χ2v) is 5.41. The van der Waals surface area contributed by atoms with Crippen LogP contribution in [0.5, 0.6) is 0 Å². The van der Waals surface area contributed by atoms with Crippen LogP contribution in [-0.4, -0.2) is 37.1 Å². The van der Waals surface area contributed by atoms with E-state index in [-0.39, 0.29) is 6.04 Å². The summed E-state index contributed by atoms with van der Waals surface area (Å²) < 4.78 is 0. The molecule has 96 valence electrons. The van der Waals surface area contributed by atoms with Gasteiger partial charge in [0.1, 0.15) is 0 Å². The first-order chi connectivity index (χ1) is 8.61. The molecule has 0 aliphatic carbocycles. The number of piperazine rings is 1. The van der Waals surface area contributed by atoms with Gasteiger partial charge in [-0.2, -0.15) is 5.26 Å². The van der Waals surface area contributed by atoms with E-state index in [9.17, 15) is 0 Å². The van der Waals surface area contributed by atoms with Gasteiger partial charge >= 0.3 is 0 Å².